The average Bonchev–Trinajstić information content (AvgIpc) is 3.15. The number of hydrogen-bond acceptors (Lipinski definition) is 4. The van der Waals surface area contributed by atoms with Gasteiger partial charge in [-0.05, 0) is 23.8 Å². The van der Waals surface area contributed by atoms with Crippen molar-refractivity contribution in [2.45, 2.75) is 32.9 Å². The van der Waals surface area contributed by atoms with Crippen LogP contribution in [-0.2, 0) is 16.2 Å². The third-order valence-corrected chi connectivity index (χ3v) is 4.65. The van der Waals surface area contributed by atoms with Crippen LogP contribution in [0.3, 0.4) is 0 Å². The molecule has 1 heterocycles. The SMILES string of the molecule is COc1cccc(CN(C[C@H]2CC(c3ccccc3F)=NO2)C(=O)C(C)C)c1. The van der Waals surface area contributed by atoms with Crippen molar-refractivity contribution in [2.24, 2.45) is 11.1 Å². The Labute approximate surface area is 164 Å². The molecule has 0 saturated heterocycles. The predicted octanol–water partition coefficient (Wildman–Crippen LogP) is 4.01. The number of nitrogens with zero attached hydrogens (tertiary/aromatic N) is 2. The largest absolute Gasteiger partial charge is 0.497 e. The number of rotatable bonds is 7. The summed E-state index contributed by atoms with van der Waals surface area (Å²) < 4.78 is 19.3. The zero-order valence-corrected chi connectivity index (χ0v) is 16.4. The number of hydrogen-bond donors (Lipinski definition) is 0. The molecule has 1 aliphatic rings. The number of amides is 1. The van der Waals surface area contributed by atoms with Crippen molar-refractivity contribution in [3.8, 4) is 5.75 Å². The molecule has 1 amide bonds. The smallest absolute Gasteiger partial charge is 0.225 e. The van der Waals surface area contributed by atoms with Gasteiger partial charge in [0.2, 0.25) is 5.91 Å². The molecule has 0 fully saturated rings. The first-order valence-corrected chi connectivity index (χ1v) is 9.37. The first-order valence-electron chi connectivity index (χ1n) is 9.37. The molecule has 0 N–H and O–H groups in total. The summed E-state index contributed by atoms with van der Waals surface area (Å²) >= 11 is 0. The second-order valence-electron chi connectivity index (χ2n) is 7.17. The van der Waals surface area contributed by atoms with Gasteiger partial charge in [0.05, 0.1) is 19.4 Å². The van der Waals surface area contributed by atoms with Crippen LogP contribution < -0.4 is 4.74 Å². The van der Waals surface area contributed by atoms with Gasteiger partial charge in [-0.2, -0.15) is 0 Å². The Hall–Kier alpha value is -2.89. The summed E-state index contributed by atoms with van der Waals surface area (Å²) in [6, 6.07) is 14.1. The van der Waals surface area contributed by atoms with Crippen molar-refractivity contribution >= 4 is 11.6 Å². The van der Waals surface area contributed by atoms with E-state index in [2.05, 4.69) is 5.16 Å². The first kappa shape index (κ1) is 19.9. The number of ether oxygens (including phenoxy) is 1. The van der Waals surface area contributed by atoms with Crippen LogP contribution in [0.15, 0.2) is 53.7 Å². The monoisotopic (exact) mass is 384 g/mol. The highest BCUT2D eigenvalue weighted by Crippen LogP contribution is 2.22. The molecule has 1 aliphatic heterocycles. The number of carbonyl (C=O) groups excluding carboxylic acids is 1. The molecule has 6 heteroatoms. The number of oxime groups is 1. The summed E-state index contributed by atoms with van der Waals surface area (Å²) in [5.74, 6) is 0.318. The van der Waals surface area contributed by atoms with Crippen LogP contribution in [0.4, 0.5) is 4.39 Å². The van der Waals surface area contributed by atoms with E-state index in [1.165, 1.54) is 6.07 Å². The van der Waals surface area contributed by atoms with Gasteiger partial charge in [0.1, 0.15) is 11.6 Å². The zero-order chi connectivity index (χ0) is 20.1. The normalized spacial score (nSPS) is 15.9. The Morgan fingerprint density at radius 3 is 2.79 bits per heavy atom. The quantitative estimate of drug-likeness (QED) is 0.725. The summed E-state index contributed by atoms with van der Waals surface area (Å²) in [4.78, 5) is 20.0. The molecular weight excluding hydrogens is 359 g/mol. The molecule has 0 aliphatic carbocycles. The maximum absolute atomic E-state index is 14.0. The van der Waals surface area contributed by atoms with Crippen LogP contribution in [0, 0.1) is 11.7 Å². The lowest BCUT2D eigenvalue weighted by Crippen LogP contribution is -2.39. The number of benzene rings is 2. The van der Waals surface area contributed by atoms with E-state index in [1.54, 1.807) is 30.2 Å². The fourth-order valence-electron chi connectivity index (χ4n) is 3.22. The molecule has 1 atom stereocenters. The van der Waals surface area contributed by atoms with Crippen LogP contribution in [0.2, 0.25) is 0 Å². The van der Waals surface area contributed by atoms with Crippen LogP contribution in [-0.4, -0.2) is 36.3 Å². The predicted molar refractivity (Wildman–Crippen MR) is 106 cm³/mol. The van der Waals surface area contributed by atoms with Gasteiger partial charge in [-0.1, -0.05) is 49.3 Å². The molecular formula is C22H25FN2O3. The van der Waals surface area contributed by atoms with Crippen molar-refractivity contribution in [1.82, 2.24) is 4.90 Å². The number of carbonyl (C=O) groups is 1. The van der Waals surface area contributed by atoms with E-state index in [-0.39, 0.29) is 23.7 Å². The molecule has 0 unspecified atom stereocenters. The molecule has 2 aromatic carbocycles. The Bertz CT molecular complexity index is 866. The van der Waals surface area contributed by atoms with Crippen molar-refractivity contribution in [2.75, 3.05) is 13.7 Å². The molecule has 0 bridgehead atoms. The Kier molecular flexibility index (Phi) is 6.29. The van der Waals surface area contributed by atoms with Crippen LogP contribution in [0.25, 0.3) is 0 Å². The van der Waals surface area contributed by atoms with E-state index in [0.717, 1.165) is 11.3 Å². The standard InChI is InChI=1S/C22H25FN2O3/c1-15(2)22(26)25(13-16-7-6-8-17(11-16)27-3)14-18-12-21(24-28-18)19-9-4-5-10-20(19)23/h4-11,15,18H,12-14H2,1-3H3/t18-/m1/s1. The molecule has 148 valence electrons. The topological polar surface area (TPSA) is 51.1 Å². The molecule has 2 aromatic rings. The lowest BCUT2D eigenvalue weighted by molar-refractivity contribution is -0.136. The van der Waals surface area contributed by atoms with Gasteiger partial charge in [-0.15, -0.1) is 0 Å². The second kappa shape index (κ2) is 8.87. The third kappa shape index (κ3) is 4.68. The maximum atomic E-state index is 14.0. The minimum absolute atomic E-state index is 0.0331. The summed E-state index contributed by atoms with van der Waals surface area (Å²) in [7, 11) is 1.62. The van der Waals surface area contributed by atoms with Gasteiger partial charge in [0, 0.05) is 24.4 Å². The lowest BCUT2D eigenvalue weighted by Gasteiger charge is -2.26. The Morgan fingerprint density at radius 1 is 1.29 bits per heavy atom. The number of halogens is 1. The first-order chi connectivity index (χ1) is 13.5. The molecule has 0 saturated carbocycles. The molecule has 5 nitrogen and oxygen atoms in total. The fraction of sp³-hybridized carbons (Fsp3) is 0.364. The van der Waals surface area contributed by atoms with E-state index in [1.807, 2.05) is 38.1 Å². The third-order valence-electron chi connectivity index (χ3n) is 4.65. The van der Waals surface area contributed by atoms with Gasteiger partial charge in [0.15, 0.2) is 6.10 Å². The average molecular weight is 384 g/mol. The van der Waals surface area contributed by atoms with Gasteiger partial charge in [-0.3, -0.25) is 4.79 Å². The second-order valence-corrected chi connectivity index (χ2v) is 7.17. The molecule has 28 heavy (non-hydrogen) atoms. The highest BCUT2D eigenvalue weighted by Gasteiger charge is 2.28. The van der Waals surface area contributed by atoms with Crippen LogP contribution >= 0.6 is 0 Å². The van der Waals surface area contributed by atoms with E-state index in [0.29, 0.717) is 30.8 Å². The minimum Gasteiger partial charge on any atom is -0.497 e. The fourth-order valence-corrected chi connectivity index (χ4v) is 3.22. The van der Waals surface area contributed by atoms with Gasteiger partial charge >= 0.3 is 0 Å². The van der Waals surface area contributed by atoms with Crippen LogP contribution in [0.1, 0.15) is 31.4 Å². The van der Waals surface area contributed by atoms with E-state index < -0.39 is 0 Å². The molecule has 3 rings (SSSR count). The maximum Gasteiger partial charge on any atom is 0.225 e. The van der Waals surface area contributed by atoms with Gasteiger partial charge < -0.3 is 14.5 Å². The van der Waals surface area contributed by atoms with Crippen LogP contribution in [0.5, 0.6) is 5.75 Å². The van der Waals surface area contributed by atoms with Crippen molar-refractivity contribution in [3.63, 3.8) is 0 Å². The van der Waals surface area contributed by atoms with Crippen molar-refractivity contribution in [1.29, 1.82) is 0 Å². The summed E-state index contributed by atoms with van der Waals surface area (Å²) in [5.41, 5.74) is 1.99. The Morgan fingerprint density at radius 2 is 2.07 bits per heavy atom. The van der Waals surface area contributed by atoms with E-state index >= 15 is 0 Å². The molecule has 0 spiro atoms. The van der Waals surface area contributed by atoms with Crippen molar-refractivity contribution in [3.05, 3.63) is 65.5 Å². The number of methoxy groups -OCH3 is 1. The summed E-state index contributed by atoms with van der Waals surface area (Å²) in [6.07, 6.45) is 0.156. The van der Waals surface area contributed by atoms with Gasteiger partial charge in [-0.25, -0.2) is 4.39 Å². The Balaban J connectivity index is 1.70. The molecule has 0 aromatic heterocycles. The van der Waals surface area contributed by atoms with E-state index in [9.17, 15) is 9.18 Å². The zero-order valence-electron chi connectivity index (χ0n) is 16.4. The molecule has 0 radical (unpaired) electrons. The van der Waals surface area contributed by atoms with Crippen molar-refractivity contribution < 1.29 is 18.8 Å². The van der Waals surface area contributed by atoms with E-state index in [4.69, 9.17) is 9.57 Å². The summed E-state index contributed by atoms with van der Waals surface area (Å²) in [6.45, 7) is 4.58. The highest BCUT2D eigenvalue weighted by molar-refractivity contribution is 6.01. The lowest BCUT2D eigenvalue weighted by atomic mass is 10.0. The van der Waals surface area contributed by atoms with Gasteiger partial charge in [0.25, 0.3) is 0 Å². The highest BCUT2D eigenvalue weighted by atomic mass is 19.1. The minimum atomic E-state index is -0.322. The summed E-state index contributed by atoms with van der Waals surface area (Å²) in [5, 5.41) is 4.06.